The van der Waals surface area contributed by atoms with Crippen molar-refractivity contribution in [3.63, 3.8) is 0 Å². The van der Waals surface area contributed by atoms with Gasteiger partial charge >= 0.3 is 0 Å². The van der Waals surface area contributed by atoms with E-state index in [9.17, 15) is 0 Å². The first-order chi connectivity index (χ1) is 6.72. The van der Waals surface area contributed by atoms with Gasteiger partial charge in [-0.25, -0.2) is 0 Å². The molecule has 1 aromatic carbocycles. The van der Waals surface area contributed by atoms with Crippen molar-refractivity contribution in [3.8, 4) is 5.75 Å². The average molecular weight is 191 g/mol. The van der Waals surface area contributed by atoms with Crippen LogP contribution in [0.3, 0.4) is 0 Å². The van der Waals surface area contributed by atoms with Gasteiger partial charge in [0, 0.05) is 12.5 Å². The lowest BCUT2D eigenvalue weighted by molar-refractivity contribution is 0.356. The summed E-state index contributed by atoms with van der Waals surface area (Å²) in [4.78, 5) is 0. The summed E-state index contributed by atoms with van der Waals surface area (Å²) in [7, 11) is 0. The highest BCUT2D eigenvalue weighted by Crippen LogP contribution is 2.31. The van der Waals surface area contributed by atoms with Crippen molar-refractivity contribution < 1.29 is 4.74 Å². The van der Waals surface area contributed by atoms with Gasteiger partial charge in [-0.15, -0.1) is 0 Å². The van der Waals surface area contributed by atoms with E-state index in [2.05, 4.69) is 26.0 Å². The van der Waals surface area contributed by atoms with Crippen molar-refractivity contribution in [3.05, 3.63) is 28.8 Å². The number of aryl methyl sites for hydroxylation is 1. The van der Waals surface area contributed by atoms with Gasteiger partial charge in [-0.2, -0.15) is 0 Å². The van der Waals surface area contributed by atoms with E-state index in [0.717, 1.165) is 25.2 Å². The van der Waals surface area contributed by atoms with Crippen molar-refractivity contribution in [2.45, 2.75) is 32.7 Å². The zero-order valence-electron chi connectivity index (χ0n) is 8.84. The van der Waals surface area contributed by atoms with Crippen LogP contribution in [0.5, 0.6) is 5.75 Å². The van der Waals surface area contributed by atoms with Crippen molar-refractivity contribution in [2.75, 3.05) is 6.61 Å². The van der Waals surface area contributed by atoms with Gasteiger partial charge in [0.05, 0.1) is 6.61 Å². The lowest BCUT2D eigenvalue weighted by Gasteiger charge is -2.14. The van der Waals surface area contributed by atoms with E-state index in [0.29, 0.717) is 0 Å². The average Bonchev–Trinajstić information content (AvgIpc) is 2.62. The van der Waals surface area contributed by atoms with E-state index in [1.807, 2.05) is 0 Å². The molecule has 0 unspecified atom stereocenters. The van der Waals surface area contributed by atoms with Crippen LogP contribution in [0.1, 0.15) is 36.1 Å². The second kappa shape index (κ2) is 3.62. The van der Waals surface area contributed by atoms with E-state index in [-0.39, 0.29) is 6.04 Å². The fourth-order valence-electron chi connectivity index (χ4n) is 1.97. The molecule has 0 bridgehead atoms. The van der Waals surface area contributed by atoms with Gasteiger partial charge in [0.15, 0.2) is 0 Å². The van der Waals surface area contributed by atoms with Crippen LogP contribution in [0.2, 0.25) is 0 Å². The number of hydrogen-bond acceptors (Lipinski definition) is 2. The lowest BCUT2D eigenvalue weighted by Crippen LogP contribution is -2.10. The molecule has 1 aliphatic rings. The van der Waals surface area contributed by atoms with Crippen LogP contribution in [0, 0.1) is 6.92 Å². The molecule has 0 radical (unpaired) electrons. The fraction of sp³-hybridized carbons (Fsp3) is 0.500. The Morgan fingerprint density at radius 2 is 2.29 bits per heavy atom. The molecule has 14 heavy (non-hydrogen) atoms. The Kier molecular flexibility index (Phi) is 2.46. The SMILES string of the molecule is CC[C@H](N)c1cc2c(cc1C)OCC2. The third kappa shape index (κ3) is 1.50. The summed E-state index contributed by atoms with van der Waals surface area (Å²) in [5.41, 5.74) is 9.89. The molecule has 0 aliphatic carbocycles. The van der Waals surface area contributed by atoms with E-state index in [1.54, 1.807) is 0 Å². The van der Waals surface area contributed by atoms with Crippen molar-refractivity contribution in [1.29, 1.82) is 0 Å². The second-order valence-electron chi connectivity index (χ2n) is 3.93. The van der Waals surface area contributed by atoms with Crippen molar-refractivity contribution >= 4 is 0 Å². The van der Waals surface area contributed by atoms with Crippen LogP contribution in [-0.4, -0.2) is 6.61 Å². The minimum absolute atomic E-state index is 0.167. The maximum atomic E-state index is 6.05. The number of nitrogens with two attached hydrogens (primary N) is 1. The first-order valence-corrected chi connectivity index (χ1v) is 5.24. The Hall–Kier alpha value is -1.02. The normalized spacial score (nSPS) is 16.2. The topological polar surface area (TPSA) is 35.2 Å². The Balaban J connectivity index is 2.42. The summed E-state index contributed by atoms with van der Waals surface area (Å²) in [5.74, 6) is 1.05. The summed E-state index contributed by atoms with van der Waals surface area (Å²) in [5, 5.41) is 0. The minimum Gasteiger partial charge on any atom is -0.493 e. The molecule has 0 spiro atoms. The monoisotopic (exact) mass is 191 g/mol. The number of hydrogen-bond donors (Lipinski definition) is 1. The smallest absolute Gasteiger partial charge is 0.122 e. The molecule has 1 heterocycles. The molecule has 0 aromatic heterocycles. The van der Waals surface area contributed by atoms with Gasteiger partial charge in [-0.3, -0.25) is 0 Å². The molecular weight excluding hydrogens is 174 g/mol. The largest absolute Gasteiger partial charge is 0.493 e. The highest BCUT2D eigenvalue weighted by Gasteiger charge is 2.16. The summed E-state index contributed by atoms with van der Waals surface area (Å²) in [6, 6.07) is 4.50. The van der Waals surface area contributed by atoms with Gasteiger partial charge in [0.2, 0.25) is 0 Å². The summed E-state index contributed by atoms with van der Waals surface area (Å²) in [6.07, 6.45) is 2.01. The van der Waals surface area contributed by atoms with E-state index < -0.39 is 0 Å². The van der Waals surface area contributed by atoms with Crippen molar-refractivity contribution in [2.24, 2.45) is 5.73 Å². The molecule has 0 saturated carbocycles. The first kappa shape index (κ1) is 9.53. The number of benzene rings is 1. The predicted molar refractivity (Wildman–Crippen MR) is 57.6 cm³/mol. The van der Waals surface area contributed by atoms with Gasteiger partial charge in [-0.1, -0.05) is 13.0 Å². The minimum atomic E-state index is 0.167. The molecule has 1 atom stereocenters. The highest BCUT2D eigenvalue weighted by atomic mass is 16.5. The first-order valence-electron chi connectivity index (χ1n) is 5.24. The number of rotatable bonds is 2. The van der Waals surface area contributed by atoms with Crippen LogP contribution in [0.25, 0.3) is 0 Å². The summed E-state index contributed by atoms with van der Waals surface area (Å²) in [6.45, 7) is 5.04. The van der Waals surface area contributed by atoms with Gasteiger partial charge in [0.1, 0.15) is 5.75 Å². The molecule has 76 valence electrons. The number of fused-ring (bicyclic) bond motifs is 1. The van der Waals surface area contributed by atoms with E-state index in [4.69, 9.17) is 10.5 Å². The van der Waals surface area contributed by atoms with Crippen LogP contribution in [0.15, 0.2) is 12.1 Å². The predicted octanol–water partition coefficient (Wildman–Crippen LogP) is 2.34. The molecule has 2 rings (SSSR count). The summed E-state index contributed by atoms with van der Waals surface area (Å²) >= 11 is 0. The Morgan fingerprint density at radius 1 is 1.50 bits per heavy atom. The maximum Gasteiger partial charge on any atom is 0.122 e. The highest BCUT2D eigenvalue weighted by molar-refractivity contribution is 5.45. The molecule has 1 aromatic rings. The Morgan fingerprint density at radius 3 is 3.00 bits per heavy atom. The summed E-state index contributed by atoms with van der Waals surface area (Å²) < 4.78 is 5.51. The Labute approximate surface area is 85.1 Å². The maximum absolute atomic E-state index is 6.05. The Bertz CT molecular complexity index is 346. The zero-order chi connectivity index (χ0) is 10.1. The van der Waals surface area contributed by atoms with Gasteiger partial charge in [0.25, 0.3) is 0 Å². The van der Waals surface area contributed by atoms with Crippen LogP contribution < -0.4 is 10.5 Å². The third-order valence-corrected chi connectivity index (χ3v) is 2.92. The van der Waals surface area contributed by atoms with Gasteiger partial charge < -0.3 is 10.5 Å². The van der Waals surface area contributed by atoms with Gasteiger partial charge in [-0.05, 0) is 36.1 Å². The molecule has 2 N–H and O–H groups in total. The van der Waals surface area contributed by atoms with Crippen LogP contribution >= 0.6 is 0 Å². The molecule has 0 fully saturated rings. The molecule has 1 aliphatic heterocycles. The lowest BCUT2D eigenvalue weighted by atomic mass is 9.96. The third-order valence-electron chi connectivity index (χ3n) is 2.92. The molecule has 0 saturated heterocycles. The van der Waals surface area contributed by atoms with Crippen molar-refractivity contribution in [1.82, 2.24) is 0 Å². The quantitative estimate of drug-likeness (QED) is 0.778. The molecule has 0 amide bonds. The second-order valence-corrected chi connectivity index (χ2v) is 3.93. The molecule has 2 nitrogen and oxygen atoms in total. The van der Waals surface area contributed by atoms with Crippen LogP contribution in [0.4, 0.5) is 0 Å². The standard InChI is InChI=1S/C12H17NO/c1-3-11(13)10-7-9-4-5-14-12(9)6-8(10)2/h6-7,11H,3-5,13H2,1-2H3/t11-/m0/s1. The fourth-order valence-corrected chi connectivity index (χ4v) is 1.97. The van der Waals surface area contributed by atoms with E-state index >= 15 is 0 Å². The molecule has 2 heteroatoms. The molecular formula is C12H17NO. The zero-order valence-corrected chi connectivity index (χ0v) is 8.84. The van der Waals surface area contributed by atoms with E-state index in [1.165, 1.54) is 16.7 Å². The van der Waals surface area contributed by atoms with Crippen LogP contribution in [-0.2, 0) is 6.42 Å². The number of ether oxygens (including phenoxy) is 1.